The van der Waals surface area contributed by atoms with Gasteiger partial charge < -0.3 is 19.2 Å². The summed E-state index contributed by atoms with van der Waals surface area (Å²) in [4.78, 5) is 2.34. The van der Waals surface area contributed by atoms with Crippen LogP contribution in [0.2, 0.25) is 0 Å². The maximum absolute atomic E-state index is 9.64. The van der Waals surface area contributed by atoms with Crippen molar-refractivity contribution in [2.45, 2.75) is 38.0 Å². The van der Waals surface area contributed by atoms with Crippen LogP contribution in [0.3, 0.4) is 0 Å². The van der Waals surface area contributed by atoms with Crippen molar-refractivity contribution in [3.8, 4) is 0 Å². The highest BCUT2D eigenvalue weighted by Gasteiger charge is 2.19. The molecular formula is C20H28N2O3. The number of nitrogens with zero attached hydrogens (tertiary/aromatic N) is 1. The van der Waals surface area contributed by atoms with Crippen LogP contribution in [0, 0.1) is 0 Å². The number of benzene rings is 1. The van der Waals surface area contributed by atoms with Gasteiger partial charge in [-0.15, -0.1) is 0 Å². The second-order valence-corrected chi connectivity index (χ2v) is 6.72. The van der Waals surface area contributed by atoms with E-state index in [9.17, 15) is 5.11 Å². The summed E-state index contributed by atoms with van der Waals surface area (Å²) in [5, 5.41) is 13.2. The zero-order valence-electron chi connectivity index (χ0n) is 15.0. The Kier molecular flexibility index (Phi) is 6.13. The zero-order valence-corrected chi connectivity index (χ0v) is 15.0. The average Bonchev–Trinajstić information content (AvgIpc) is 3.17. The first-order valence-corrected chi connectivity index (χ1v) is 8.98. The predicted molar refractivity (Wildman–Crippen MR) is 98.8 cm³/mol. The van der Waals surface area contributed by atoms with E-state index < -0.39 is 0 Å². The summed E-state index contributed by atoms with van der Waals surface area (Å²) in [6.45, 7) is 4.55. The molecule has 0 spiro atoms. The molecule has 136 valence electrons. The third-order valence-electron chi connectivity index (χ3n) is 4.89. The molecule has 0 bridgehead atoms. The van der Waals surface area contributed by atoms with Crippen molar-refractivity contribution in [3.05, 3.63) is 54.0 Å². The van der Waals surface area contributed by atoms with Crippen LogP contribution in [-0.2, 0) is 4.74 Å². The maximum atomic E-state index is 9.64. The molecule has 1 aliphatic heterocycles. The van der Waals surface area contributed by atoms with Gasteiger partial charge in [0.05, 0.1) is 25.0 Å². The van der Waals surface area contributed by atoms with Crippen molar-refractivity contribution in [1.82, 2.24) is 5.32 Å². The molecule has 1 aromatic heterocycles. The van der Waals surface area contributed by atoms with Crippen molar-refractivity contribution < 1.29 is 14.3 Å². The molecule has 0 saturated carbocycles. The first kappa shape index (κ1) is 18.0. The first-order chi connectivity index (χ1) is 12.2. The number of aliphatic hydroxyl groups is 1. The number of ether oxygens (including phenoxy) is 1. The molecule has 25 heavy (non-hydrogen) atoms. The second kappa shape index (κ2) is 8.52. The van der Waals surface area contributed by atoms with Crippen LogP contribution in [0.1, 0.15) is 43.2 Å². The minimum atomic E-state index is -0.140. The standard InChI is InChI=1S/C20H28N2O3/c1-15(21-19(14-24-2)20-4-3-13-25-20)16-5-7-17(8-6-16)22-11-9-18(23)10-12-22/h3-8,13,15,18-19,21,23H,9-12,14H2,1-2H3. The Labute approximate surface area is 149 Å². The Bertz CT molecular complexity index is 619. The summed E-state index contributed by atoms with van der Waals surface area (Å²) in [5.41, 5.74) is 2.45. The predicted octanol–water partition coefficient (Wildman–Crippen LogP) is 3.28. The maximum Gasteiger partial charge on any atom is 0.123 e. The fourth-order valence-electron chi connectivity index (χ4n) is 3.36. The molecular weight excluding hydrogens is 316 g/mol. The lowest BCUT2D eigenvalue weighted by Gasteiger charge is -2.31. The second-order valence-electron chi connectivity index (χ2n) is 6.72. The molecule has 2 unspecified atom stereocenters. The SMILES string of the molecule is COCC(NC(C)c1ccc(N2CCC(O)CC2)cc1)c1ccco1. The van der Waals surface area contributed by atoms with E-state index in [0.717, 1.165) is 31.7 Å². The van der Waals surface area contributed by atoms with Crippen molar-refractivity contribution in [2.75, 3.05) is 31.7 Å². The van der Waals surface area contributed by atoms with Gasteiger partial charge in [0.15, 0.2) is 0 Å². The molecule has 5 nitrogen and oxygen atoms in total. The number of rotatable bonds is 7. The fraction of sp³-hybridized carbons (Fsp3) is 0.500. The van der Waals surface area contributed by atoms with Crippen LogP contribution in [0.5, 0.6) is 0 Å². The van der Waals surface area contributed by atoms with Gasteiger partial charge >= 0.3 is 0 Å². The minimum absolute atomic E-state index is 0.0262. The molecule has 0 aliphatic carbocycles. The average molecular weight is 344 g/mol. The lowest BCUT2D eigenvalue weighted by atomic mass is 10.0. The zero-order chi connectivity index (χ0) is 17.6. The van der Waals surface area contributed by atoms with Crippen LogP contribution in [0.15, 0.2) is 47.1 Å². The summed E-state index contributed by atoms with van der Waals surface area (Å²) < 4.78 is 10.8. The van der Waals surface area contributed by atoms with Crippen LogP contribution < -0.4 is 10.2 Å². The number of aliphatic hydroxyl groups excluding tert-OH is 1. The van der Waals surface area contributed by atoms with E-state index in [-0.39, 0.29) is 18.2 Å². The van der Waals surface area contributed by atoms with E-state index >= 15 is 0 Å². The monoisotopic (exact) mass is 344 g/mol. The molecule has 3 rings (SSSR count). The van der Waals surface area contributed by atoms with Crippen LogP contribution in [0.25, 0.3) is 0 Å². The third-order valence-corrected chi connectivity index (χ3v) is 4.89. The number of methoxy groups -OCH3 is 1. The number of hydrogen-bond acceptors (Lipinski definition) is 5. The molecule has 2 atom stereocenters. The molecule has 1 saturated heterocycles. The molecule has 0 amide bonds. The molecule has 2 heterocycles. The van der Waals surface area contributed by atoms with Gasteiger partial charge in [-0.1, -0.05) is 12.1 Å². The summed E-state index contributed by atoms with van der Waals surface area (Å²) in [5.74, 6) is 0.886. The largest absolute Gasteiger partial charge is 0.468 e. The summed E-state index contributed by atoms with van der Waals surface area (Å²) in [6, 6.07) is 12.8. The summed E-state index contributed by atoms with van der Waals surface area (Å²) >= 11 is 0. The smallest absolute Gasteiger partial charge is 0.123 e. The summed E-state index contributed by atoms with van der Waals surface area (Å²) in [7, 11) is 1.70. The Morgan fingerprint density at radius 3 is 2.56 bits per heavy atom. The van der Waals surface area contributed by atoms with E-state index in [1.807, 2.05) is 12.1 Å². The van der Waals surface area contributed by atoms with Crippen LogP contribution >= 0.6 is 0 Å². The first-order valence-electron chi connectivity index (χ1n) is 8.98. The van der Waals surface area contributed by atoms with Crippen molar-refractivity contribution in [3.63, 3.8) is 0 Å². The van der Waals surface area contributed by atoms with Gasteiger partial charge in [0.25, 0.3) is 0 Å². The van der Waals surface area contributed by atoms with Gasteiger partial charge in [0, 0.05) is 31.9 Å². The third kappa shape index (κ3) is 4.63. The Balaban J connectivity index is 1.62. The van der Waals surface area contributed by atoms with Crippen molar-refractivity contribution in [1.29, 1.82) is 0 Å². The number of furan rings is 1. The van der Waals surface area contributed by atoms with E-state index in [1.54, 1.807) is 13.4 Å². The number of hydrogen-bond donors (Lipinski definition) is 2. The highest BCUT2D eigenvalue weighted by Crippen LogP contribution is 2.24. The normalized spacial score (nSPS) is 18.3. The Morgan fingerprint density at radius 2 is 1.96 bits per heavy atom. The molecule has 1 aromatic carbocycles. The lowest BCUT2D eigenvalue weighted by molar-refractivity contribution is 0.145. The van der Waals surface area contributed by atoms with Gasteiger partial charge in [0.2, 0.25) is 0 Å². The lowest BCUT2D eigenvalue weighted by Crippen LogP contribution is -2.35. The molecule has 1 fully saturated rings. The van der Waals surface area contributed by atoms with E-state index in [2.05, 4.69) is 41.4 Å². The quantitative estimate of drug-likeness (QED) is 0.807. The molecule has 2 aromatic rings. The number of anilines is 1. The van der Waals surface area contributed by atoms with Crippen LogP contribution in [0.4, 0.5) is 5.69 Å². The van der Waals surface area contributed by atoms with Gasteiger partial charge in [-0.05, 0) is 49.6 Å². The van der Waals surface area contributed by atoms with Gasteiger partial charge in [0.1, 0.15) is 5.76 Å². The molecule has 1 aliphatic rings. The van der Waals surface area contributed by atoms with Crippen molar-refractivity contribution in [2.24, 2.45) is 0 Å². The van der Waals surface area contributed by atoms with Crippen LogP contribution in [-0.4, -0.2) is 38.0 Å². The summed E-state index contributed by atoms with van der Waals surface area (Å²) in [6.07, 6.45) is 3.25. The number of piperidine rings is 1. The van der Waals surface area contributed by atoms with Gasteiger partial charge in [-0.3, -0.25) is 5.32 Å². The number of nitrogens with one attached hydrogen (secondary N) is 1. The van der Waals surface area contributed by atoms with Gasteiger partial charge in [-0.2, -0.15) is 0 Å². The van der Waals surface area contributed by atoms with Crippen molar-refractivity contribution >= 4 is 5.69 Å². The van der Waals surface area contributed by atoms with E-state index in [4.69, 9.17) is 9.15 Å². The topological polar surface area (TPSA) is 57.9 Å². The molecule has 5 heteroatoms. The van der Waals surface area contributed by atoms with E-state index in [0.29, 0.717) is 6.61 Å². The molecule has 0 radical (unpaired) electrons. The van der Waals surface area contributed by atoms with E-state index in [1.165, 1.54) is 11.3 Å². The molecule has 2 N–H and O–H groups in total. The fourth-order valence-corrected chi connectivity index (χ4v) is 3.36. The highest BCUT2D eigenvalue weighted by molar-refractivity contribution is 5.48. The minimum Gasteiger partial charge on any atom is -0.468 e. The Hall–Kier alpha value is -1.82. The van der Waals surface area contributed by atoms with Gasteiger partial charge in [-0.25, -0.2) is 0 Å². The Morgan fingerprint density at radius 1 is 1.24 bits per heavy atom. The highest BCUT2D eigenvalue weighted by atomic mass is 16.5.